The molecule has 0 radical (unpaired) electrons. The molecule has 0 unspecified atom stereocenters. The maximum absolute atomic E-state index is 12.9. The van der Waals surface area contributed by atoms with Gasteiger partial charge in [-0.1, -0.05) is 25.7 Å². The van der Waals surface area contributed by atoms with E-state index in [-0.39, 0.29) is 30.4 Å². The molecule has 1 atom stereocenters. The van der Waals surface area contributed by atoms with E-state index in [1.165, 1.54) is 5.56 Å². The van der Waals surface area contributed by atoms with Crippen molar-refractivity contribution >= 4 is 37.6 Å². The Morgan fingerprint density at radius 2 is 2.09 bits per heavy atom. The number of nitrogens with zero attached hydrogens (tertiary/aromatic N) is 3. The quantitative estimate of drug-likeness (QED) is 0.304. The topological polar surface area (TPSA) is 104 Å². The number of hydrogen-bond acceptors (Lipinski definition) is 6. The number of amides is 1. The number of fused-ring (bicyclic) bond motifs is 2. The van der Waals surface area contributed by atoms with Crippen molar-refractivity contribution in [3.63, 3.8) is 0 Å². The first-order chi connectivity index (χ1) is 16.1. The number of benzene rings is 1. The predicted octanol–water partition coefficient (Wildman–Crippen LogP) is 5.04. The average molecular weight is 518 g/mol. The van der Waals surface area contributed by atoms with Crippen molar-refractivity contribution in [2.24, 2.45) is 5.73 Å². The van der Waals surface area contributed by atoms with E-state index < -0.39 is 8.07 Å². The summed E-state index contributed by atoms with van der Waals surface area (Å²) >= 11 is 0. The van der Waals surface area contributed by atoms with Gasteiger partial charge >= 0.3 is 0 Å². The molecule has 0 fully saturated rings. The van der Waals surface area contributed by atoms with Crippen LogP contribution in [0.1, 0.15) is 47.8 Å². The fourth-order valence-electron chi connectivity index (χ4n) is 4.03. The van der Waals surface area contributed by atoms with Crippen LogP contribution in [0.2, 0.25) is 25.7 Å². The fraction of sp³-hybridized carbons (Fsp3) is 0.480. The van der Waals surface area contributed by atoms with Gasteiger partial charge in [-0.2, -0.15) is 0 Å². The maximum Gasteiger partial charge on any atom is 0.255 e. The van der Waals surface area contributed by atoms with E-state index in [9.17, 15) is 4.79 Å². The van der Waals surface area contributed by atoms with Gasteiger partial charge in [-0.25, -0.2) is 9.97 Å². The Kier molecular flexibility index (Phi) is 8.58. The smallest absolute Gasteiger partial charge is 0.255 e. The molecule has 2 aromatic heterocycles. The van der Waals surface area contributed by atoms with Crippen LogP contribution in [0, 0.1) is 0 Å². The third-order valence-electron chi connectivity index (χ3n) is 5.90. The minimum absolute atomic E-state index is 0. The van der Waals surface area contributed by atoms with E-state index in [0.29, 0.717) is 41.7 Å². The van der Waals surface area contributed by atoms with E-state index in [0.717, 1.165) is 24.4 Å². The number of ether oxygens (including phenoxy) is 2. The number of nitrogens with one attached hydrogen (secondary N) is 1. The highest BCUT2D eigenvalue weighted by Gasteiger charge is 2.22. The van der Waals surface area contributed by atoms with Crippen LogP contribution in [-0.4, -0.2) is 41.2 Å². The molecule has 0 bridgehead atoms. The van der Waals surface area contributed by atoms with Crippen LogP contribution in [0.5, 0.6) is 11.6 Å². The molecule has 0 spiro atoms. The molecular formula is C25H36ClN5O3Si. The van der Waals surface area contributed by atoms with Crippen LogP contribution in [-0.2, 0) is 17.9 Å². The van der Waals surface area contributed by atoms with Gasteiger partial charge < -0.3 is 25.1 Å². The molecule has 3 aromatic rings. The van der Waals surface area contributed by atoms with Crippen LogP contribution in [0.25, 0.3) is 11.2 Å². The second-order valence-corrected chi connectivity index (χ2v) is 16.1. The fourth-order valence-corrected chi connectivity index (χ4v) is 4.78. The molecule has 0 saturated carbocycles. The van der Waals surface area contributed by atoms with E-state index >= 15 is 0 Å². The molecule has 190 valence electrons. The van der Waals surface area contributed by atoms with Crippen molar-refractivity contribution in [1.29, 1.82) is 0 Å². The van der Waals surface area contributed by atoms with Crippen molar-refractivity contribution in [3.05, 3.63) is 47.3 Å². The van der Waals surface area contributed by atoms with Gasteiger partial charge in [0.25, 0.3) is 5.91 Å². The summed E-state index contributed by atoms with van der Waals surface area (Å²) in [5.41, 5.74) is 10.1. The van der Waals surface area contributed by atoms with Crippen LogP contribution in [0.15, 0.2) is 30.6 Å². The highest BCUT2D eigenvalue weighted by atomic mass is 35.5. The van der Waals surface area contributed by atoms with E-state index in [1.54, 1.807) is 12.4 Å². The lowest BCUT2D eigenvalue weighted by Gasteiger charge is -2.15. The van der Waals surface area contributed by atoms with Crippen molar-refractivity contribution in [2.75, 3.05) is 6.61 Å². The lowest BCUT2D eigenvalue weighted by atomic mass is 10.1. The van der Waals surface area contributed by atoms with Gasteiger partial charge in [0.15, 0.2) is 5.65 Å². The number of aryl methyl sites for hydroxylation is 1. The minimum Gasteiger partial charge on any atom is -0.437 e. The number of carbonyl (C=O) groups excluding carboxylic acids is 1. The highest BCUT2D eigenvalue weighted by molar-refractivity contribution is 6.76. The van der Waals surface area contributed by atoms with Gasteiger partial charge in [0, 0.05) is 33.0 Å². The minimum atomic E-state index is -1.19. The zero-order valence-corrected chi connectivity index (χ0v) is 22.9. The molecule has 10 heteroatoms. The third-order valence-corrected chi connectivity index (χ3v) is 7.60. The normalized spacial score (nSPS) is 15.2. The second-order valence-electron chi connectivity index (χ2n) is 10.5. The molecule has 0 saturated heterocycles. The number of halogens is 1. The number of hydrogen-bond donors (Lipinski definition) is 2. The molecule has 1 aliphatic rings. The molecule has 35 heavy (non-hydrogen) atoms. The van der Waals surface area contributed by atoms with Crippen LogP contribution < -0.4 is 15.8 Å². The number of rotatable bonds is 9. The molecule has 8 nitrogen and oxygen atoms in total. The van der Waals surface area contributed by atoms with Crippen molar-refractivity contribution in [3.8, 4) is 11.6 Å². The molecular weight excluding hydrogens is 482 g/mol. The number of aromatic nitrogens is 3. The molecule has 3 N–H and O–H groups in total. The predicted molar refractivity (Wildman–Crippen MR) is 143 cm³/mol. The van der Waals surface area contributed by atoms with Crippen molar-refractivity contribution in [1.82, 2.24) is 19.9 Å². The summed E-state index contributed by atoms with van der Waals surface area (Å²) in [5.74, 6) is 0.790. The summed E-state index contributed by atoms with van der Waals surface area (Å²) in [6.45, 7) is 11.8. The Morgan fingerprint density at radius 3 is 2.80 bits per heavy atom. The SMILES string of the molecule is CC(C)NC(=O)c1cn(COCC[Si](C)(C)C)c2ncc(Oc3ccc4c(c3)[C@H](N)CC4)nc12.Cl. The molecule has 1 aromatic carbocycles. The standard InChI is InChI=1S/C25H35N5O3Si.ClH/c1-16(2)28-25(31)20-14-30(15-32-10-11-34(3,4)5)24-23(20)29-22(13-27-24)33-18-8-6-17-7-9-21(26)19(17)12-18;/h6,8,12-14,16,21H,7,9-11,15,26H2,1-5H3,(H,28,31);1H/t21-;/m1./s1. The first kappa shape index (κ1) is 27.1. The first-order valence-corrected chi connectivity index (χ1v) is 15.6. The van der Waals surface area contributed by atoms with Crippen molar-refractivity contribution < 1.29 is 14.3 Å². The maximum atomic E-state index is 12.9. The first-order valence-electron chi connectivity index (χ1n) is 11.9. The van der Waals surface area contributed by atoms with Gasteiger partial charge in [-0.3, -0.25) is 4.79 Å². The summed E-state index contributed by atoms with van der Waals surface area (Å²) in [7, 11) is -1.19. The monoisotopic (exact) mass is 517 g/mol. The van der Waals surface area contributed by atoms with Gasteiger partial charge in [-0.15, -0.1) is 12.4 Å². The van der Waals surface area contributed by atoms with Crippen molar-refractivity contribution in [2.45, 2.75) is 71.2 Å². The lowest BCUT2D eigenvalue weighted by molar-refractivity contribution is 0.0890. The Balaban J connectivity index is 0.00000342. The van der Waals surface area contributed by atoms with E-state index in [2.05, 4.69) is 41.0 Å². The summed E-state index contributed by atoms with van der Waals surface area (Å²) < 4.78 is 13.8. The van der Waals surface area contributed by atoms with Gasteiger partial charge in [0.1, 0.15) is 18.0 Å². The van der Waals surface area contributed by atoms with Gasteiger partial charge in [0.05, 0.1) is 11.8 Å². The summed E-state index contributed by atoms with van der Waals surface area (Å²) in [5, 5.41) is 2.94. The lowest BCUT2D eigenvalue weighted by Crippen LogP contribution is -2.30. The van der Waals surface area contributed by atoms with Gasteiger partial charge in [0.2, 0.25) is 5.88 Å². The Hall–Kier alpha value is -2.46. The Bertz CT molecular complexity index is 1190. The third kappa shape index (κ3) is 6.61. The van der Waals surface area contributed by atoms with E-state index in [1.807, 2.05) is 30.5 Å². The largest absolute Gasteiger partial charge is 0.437 e. The van der Waals surface area contributed by atoms with Crippen LogP contribution in [0.4, 0.5) is 0 Å². The number of carbonyl (C=O) groups is 1. The molecule has 2 heterocycles. The molecule has 4 rings (SSSR count). The van der Waals surface area contributed by atoms with Gasteiger partial charge in [-0.05, 0) is 56.0 Å². The highest BCUT2D eigenvalue weighted by Crippen LogP contribution is 2.33. The molecule has 1 amide bonds. The molecule has 0 aliphatic heterocycles. The van der Waals surface area contributed by atoms with Crippen LogP contribution in [0.3, 0.4) is 0 Å². The zero-order valence-electron chi connectivity index (χ0n) is 21.1. The average Bonchev–Trinajstić information content (AvgIpc) is 3.30. The zero-order chi connectivity index (χ0) is 24.5. The Morgan fingerprint density at radius 1 is 1.31 bits per heavy atom. The van der Waals surface area contributed by atoms with E-state index in [4.69, 9.17) is 15.2 Å². The summed E-state index contributed by atoms with van der Waals surface area (Å²) in [6, 6.07) is 7.06. The Labute approximate surface area is 214 Å². The second kappa shape index (κ2) is 11.1. The molecule has 1 aliphatic carbocycles. The summed E-state index contributed by atoms with van der Waals surface area (Å²) in [4.78, 5) is 22.1. The number of nitrogens with two attached hydrogens (primary N) is 1. The summed E-state index contributed by atoms with van der Waals surface area (Å²) in [6.07, 6.45) is 5.28. The van der Waals surface area contributed by atoms with Crippen LogP contribution >= 0.6 is 12.4 Å².